The molecule has 1 amide bonds. The topological polar surface area (TPSA) is 55.4 Å². The summed E-state index contributed by atoms with van der Waals surface area (Å²) in [6, 6.07) is 16.8. The number of benzene rings is 2. The first-order chi connectivity index (χ1) is 12.1. The summed E-state index contributed by atoms with van der Waals surface area (Å²) in [4.78, 5) is 24.5. The van der Waals surface area contributed by atoms with Crippen molar-refractivity contribution >= 4 is 23.5 Å². The Kier molecular flexibility index (Phi) is 5.39. The van der Waals surface area contributed by atoms with Gasteiger partial charge in [0.25, 0.3) is 0 Å². The largest absolute Gasteiger partial charge is 0.460 e. The summed E-state index contributed by atoms with van der Waals surface area (Å²) >= 11 is 5.93. The molecule has 0 aromatic heterocycles. The van der Waals surface area contributed by atoms with Gasteiger partial charge >= 0.3 is 5.97 Å². The van der Waals surface area contributed by atoms with Crippen LogP contribution in [-0.4, -0.2) is 18.4 Å². The highest BCUT2D eigenvalue weighted by molar-refractivity contribution is 6.30. The Morgan fingerprint density at radius 2 is 1.72 bits per heavy atom. The van der Waals surface area contributed by atoms with Gasteiger partial charge in [0.05, 0.1) is 5.41 Å². The van der Waals surface area contributed by atoms with Crippen molar-refractivity contribution in [2.24, 2.45) is 0 Å². The Hall–Kier alpha value is -2.33. The number of amides is 1. The Balaban J connectivity index is 1.54. The molecule has 0 heterocycles. The molecular weight excluding hydrogens is 338 g/mol. The molecule has 3 rings (SSSR count). The molecule has 1 aliphatic rings. The minimum Gasteiger partial charge on any atom is -0.460 e. The zero-order chi connectivity index (χ0) is 17.7. The third-order valence-corrected chi connectivity index (χ3v) is 4.93. The fraction of sp³-hybridized carbons (Fsp3) is 0.300. The molecule has 1 fully saturated rings. The Bertz CT molecular complexity index is 739. The lowest BCUT2D eigenvalue weighted by Crippen LogP contribution is -2.50. The van der Waals surface area contributed by atoms with Crippen molar-refractivity contribution in [1.82, 2.24) is 5.32 Å². The van der Waals surface area contributed by atoms with Gasteiger partial charge in [-0.2, -0.15) is 0 Å². The minimum atomic E-state index is -0.551. The lowest BCUT2D eigenvalue weighted by Gasteiger charge is -2.40. The van der Waals surface area contributed by atoms with Crippen molar-refractivity contribution in [2.75, 3.05) is 6.54 Å². The molecule has 0 unspecified atom stereocenters. The van der Waals surface area contributed by atoms with E-state index in [9.17, 15) is 9.59 Å². The molecule has 0 radical (unpaired) electrons. The molecule has 5 heteroatoms. The number of halogens is 1. The van der Waals surface area contributed by atoms with Crippen molar-refractivity contribution < 1.29 is 14.3 Å². The van der Waals surface area contributed by atoms with Crippen molar-refractivity contribution in [3.05, 3.63) is 70.7 Å². The Morgan fingerprint density at radius 3 is 2.32 bits per heavy atom. The average molecular weight is 358 g/mol. The van der Waals surface area contributed by atoms with Crippen LogP contribution in [0.25, 0.3) is 0 Å². The summed E-state index contributed by atoms with van der Waals surface area (Å²) in [6.45, 7) is 0.0822. The summed E-state index contributed by atoms with van der Waals surface area (Å²) in [5.41, 5.74) is 1.31. The molecule has 4 nitrogen and oxygen atoms in total. The molecule has 0 atom stereocenters. The lowest BCUT2D eigenvalue weighted by molar-refractivity contribution is -0.146. The van der Waals surface area contributed by atoms with E-state index in [1.165, 1.54) is 0 Å². The Morgan fingerprint density at radius 1 is 1.04 bits per heavy atom. The van der Waals surface area contributed by atoms with Gasteiger partial charge < -0.3 is 10.1 Å². The molecule has 2 aromatic rings. The van der Waals surface area contributed by atoms with Gasteiger partial charge in [0.15, 0.2) is 0 Å². The van der Waals surface area contributed by atoms with Crippen molar-refractivity contribution in [2.45, 2.75) is 31.3 Å². The van der Waals surface area contributed by atoms with Crippen LogP contribution in [0.4, 0.5) is 0 Å². The number of ether oxygens (including phenoxy) is 1. The maximum absolute atomic E-state index is 12.7. The van der Waals surface area contributed by atoms with Crippen LogP contribution in [0.2, 0.25) is 5.02 Å². The number of hydrogen-bond acceptors (Lipinski definition) is 3. The molecule has 130 valence electrons. The molecule has 25 heavy (non-hydrogen) atoms. The zero-order valence-corrected chi connectivity index (χ0v) is 14.6. The molecular formula is C20H20ClNO3. The minimum absolute atomic E-state index is 0.124. The molecule has 2 aromatic carbocycles. The zero-order valence-electron chi connectivity index (χ0n) is 13.8. The Labute approximate surface area is 152 Å². The summed E-state index contributed by atoms with van der Waals surface area (Å²) < 4.78 is 5.19. The van der Waals surface area contributed by atoms with Crippen LogP contribution >= 0.6 is 11.6 Å². The first-order valence-electron chi connectivity index (χ1n) is 8.34. The highest BCUT2D eigenvalue weighted by atomic mass is 35.5. The van der Waals surface area contributed by atoms with Crippen LogP contribution in [0.1, 0.15) is 30.4 Å². The third-order valence-electron chi connectivity index (χ3n) is 4.67. The predicted octanol–water partition coefficient (Wildman–Crippen LogP) is 3.62. The number of carbonyl (C=O) groups excluding carboxylic acids is 2. The maximum atomic E-state index is 12.7. The van der Waals surface area contributed by atoms with E-state index in [1.54, 1.807) is 12.1 Å². The SMILES string of the molecule is O=C(CNC(=O)C1(c2ccc(Cl)cc2)CCC1)OCc1ccccc1. The van der Waals surface area contributed by atoms with E-state index in [1.807, 2.05) is 42.5 Å². The van der Waals surface area contributed by atoms with E-state index in [-0.39, 0.29) is 19.1 Å². The van der Waals surface area contributed by atoms with Crippen LogP contribution in [0.3, 0.4) is 0 Å². The van der Waals surface area contributed by atoms with Gasteiger partial charge in [0, 0.05) is 5.02 Å². The lowest BCUT2D eigenvalue weighted by atomic mass is 9.64. The molecule has 0 spiro atoms. The number of hydrogen-bond donors (Lipinski definition) is 1. The highest BCUT2D eigenvalue weighted by Gasteiger charge is 2.45. The van der Waals surface area contributed by atoms with E-state index in [2.05, 4.69) is 5.32 Å². The second kappa shape index (κ2) is 7.70. The van der Waals surface area contributed by atoms with E-state index >= 15 is 0 Å². The number of rotatable bonds is 6. The van der Waals surface area contributed by atoms with E-state index in [0.717, 1.165) is 30.4 Å². The summed E-state index contributed by atoms with van der Waals surface area (Å²) in [5, 5.41) is 3.37. The van der Waals surface area contributed by atoms with Gasteiger partial charge in [-0.1, -0.05) is 60.5 Å². The van der Waals surface area contributed by atoms with Crippen LogP contribution in [-0.2, 0) is 26.3 Å². The van der Waals surface area contributed by atoms with Gasteiger partial charge in [-0.3, -0.25) is 9.59 Å². The van der Waals surface area contributed by atoms with Gasteiger partial charge in [0.1, 0.15) is 13.2 Å². The second-order valence-corrected chi connectivity index (χ2v) is 6.71. The molecule has 0 saturated heterocycles. The molecule has 0 bridgehead atoms. The quantitative estimate of drug-likeness (QED) is 0.803. The normalized spacial score (nSPS) is 15.1. The first-order valence-corrected chi connectivity index (χ1v) is 8.72. The fourth-order valence-corrected chi connectivity index (χ4v) is 3.18. The van der Waals surface area contributed by atoms with Crippen LogP contribution in [0.5, 0.6) is 0 Å². The van der Waals surface area contributed by atoms with Crippen molar-refractivity contribution in [3.63, 3.8) is 0 Å². The standard InChI is InChI=1S/C20H20ClNO3/c21-17-9-7-16(8-10-17)20(11-4-12-20)19(24)22-13-18(23)25-14-15-5-2-1-3-6-15/h1-3,5-10H,4,11-14H2,(H,22,24). The summed E-state index contributed by atoms with van der Waals surface area (Å²) in [5.74, 6) is -0.569. The van der Waals surface area contributed by atoms with Gasteiger partial charge in [0.2, 0.25) is 5.91 Å². The summed E-state index contributed by atoms with van der Waals surface area (Å²) in [7, 11) is 0. The van der Waals surface area contributed by atoms with Crippen LogP contribution in [0.15, 0.2) is 54.6 Å². The van der Waals surface area contributed by atoms with Crippen molar-refractivity contribution in [3.8, 4) is 0 Å². The first kappa shape index (κ1) is 17.5. The van der Waals surface area contributed by atoms with Gasteiger partial charge in [-0.15, -0.1) is 0 Å². The fourth-order valence-electron chi connectivity index (χ4n) is 3.06. The van der Waals surface area contributed by atoms with E-state index < -0.39 is 11.4 Å². The highest BCUT2D eigenvalue weighted by Crippen LogP contribution is 2.44. The van der Waals surface area contributed by atoms with E-state index in [0.29, 0.717) is 5.02 Å². The molecule has 1 saturated carbocycles. The second-order valence-electron chi connectivity index (χ2n) is 6.27. The van der Waals surface area contributed by atoms with Crippen LogP contribution < -0.4 is 5.32 Å². The van der Waals surface area contributed by atoms with Gasteiger partial charge in [-0.25, -0.2) is 0 Å². The summed E-state index contributed by atoms with van der Waals surface area (Å²) in [6.07, 6.45) is 2.55. The van der Waals surface area contributed by atoms with Crippen molar-refractivity contribution in [1.29, 1.82) is 0 Å². The number of carbonyl (C=O) groups is 2. The number of nitrogens with one attached hydrogen (secondary N) is 1. The van der Waals surface area contributed by atoms with E-state index in [4.69, 9.17) is 16.3 Å². The molecule has 1 N–H and O–H groups in total. The van der Waals surface area contributed by atoms with Crippen LogP contribution in [0, 0.1) is 0 Å². The molecule has 0 aliphatic heterocycles. The monoisotopic (exact) mass is 357 g/mol. The maximum Gasteiger partial charge on any atom is 0.325 e. The number of esters is 1. The smallest absolute Gasteiger partial charge is 0.325 e. The average Bonchev–Trinajstić information content (AvgIpc) is 2.59. The third kappa shape index (κ3) is 4.02. The molecule has 1 aliphatic carbocycles. The predicted molar refractivity (Wildman–Crippen MR) is 96.2 cm³/mol. The van der Waals surface area contributed by atoms with Gasteiger partial charge in [-0.05, 0) is 36.1 Å².